The number of aromatic nitrogens is 4. The van der Waals surface area contributed by atoms with Crippen LogP contribution in [0.4, 0.5) is 0 Å². The molecule has 0 fully saturated rings. The summed E-state index contributed by atoms with van der Waals surface area (Å²) in [4.78, 5) is 4.79. The first-order valence-electron chi connectivity index (χ1n) is 17.0. The normalized spacial score (nSPS) is 11.7. The van der Waals surface area contributed by atoms with E-state index in [1.807, 2.05) is 29.1 Å². The van der Waals surface area contributed by atoms with Crippen molar-refractivity contribution in [2.45, 2.75) is 73.1 Å². The molecule has 7 rings (SSSR count). The molecule has 3 aromatic heterocycles. The molecule has 0 atom stereocenters. The van der Waals surface area contributed by atoms with Gasteiger partial charge in [0.25, 0.3) is 0 Å². The molecule has 0 saturated carbocycles. The summed E-state index contributed by atoms with van der Waals surface area (Å²) in [5.74, 6) is 2.13. The minimum atomic E-state index is 0. The maximum Gasteiger partial charge on any atom is 2.00 e. The van der Waals surface area contributed by atoms with Crippen molar-refractivity contribution in [3.8, 4) is 34.1 Å². The first-order chi connectivity index (χ1) is 23.2. The van der Waals surface area contributed by atoms with Gasteiger partial charge in [-0.15, -0.1) is 35.7 Å². The number of hydrogen-bond acceptors (Lipinski definition) is 3. The second-order valence-corrected chi connectivity index (χ2v) is 13.5. The molecule has 0 aliphatic rings. The first-order valence-corrected chi connectivity index (χ1v) is 17.0. The third-order valence-corrected chi connectivity index (χ3v) is 9.68. The summed E-state index contributed by atoms with van der Waals surface area (Å²) in [5, 5.41) is 7.27. The van der Waals surface area contributed by atoms with Crippen LogP contribution in [0.1, 0.15) is 68.6 Å². The van der Waals surface area contributed by atoms with Gasteiger partial charge in [0.15, 0.2) is 0 Å². The first kappa shape index (κ1) is 34.4. The number of nitrogens with zero attached hydrogens (tertiary/aromatic N) is 4. The average Bonchev–Trinajstić information content (AvgIpc) is 3.57. The molecular formula is C43H42N4OPt. The number of hydrogen-bond donors (Lipinski definition) is 0. The number of rotatable bonds is 9. The van der Waals surface area contributed by atoms with Crippen LogP contribution in [0.3, 0.4) is 0 Å². The molecule has 49 heavy (non-hydrogen) atoms. The summed E-state index contributed by atoms with van der Waals surface area (Å²) in [6.45, 7) is 15.3. The van der Waals surface area contributed by atoms with Gasteiger partial charge in [-0.3, -0.25) is 4.68 Å². The van der Waals surface area contributed by atoms with Crippen LogP contribution in [0.5, 0.6) is 11.5 Å². The van der Waals surface area contributed by atoms with E-state index in [9.17, 15) is 0 Å². The number of benzene rings is 4. The molecule has 5 nitrogen and oxygen atoms in total. The monoisotopic (exact) mass is 825 g/mol. The summed E-state index contributed by atoms with van der Waals surface area (Å²) >= 11 is 0. The van der Waals surface area contributed by atoms with Crippen LogP contribution < -0.4 is 4.74 Å². The molecule has 7 aromatic rings. The summed E-state index contributed by atoms with van der Waals surface area (Å²) in [6.07, 6.45) is 4.87. The Labute approximate surface area is 304 Å². The van der Waals surface area contributed by atoms with Gasteiger partial charge < -0.3 is 9.30 Å². The Kier molecular flexibility index (Phi) is 9.69. The maximum atomic E-state index is 6.62. The maximum absolute atomic E-state index is 6.62. The minimum Gasteiger partial charge on any atom is -0.509 e. The van der Waals surface area contributed by atoms with Crippen molar-refractivity contribution in [3.05, 3.63) is 131 Å². The second-order valence-electron chi connectivity index (χ2n) is 13.5. The Hall–Kier alpha value is -4.47. The number of ether oxygens (including phenoxy) is 1. The minimum absolute atomic E-state index is 0. The predicted molar refractivity (Wildman–Crippen MR) is 197 cm³/mol. The summed E-state index contributed by atoms with van der Waals surface area (Å²) in [5.41, 5.74) is 11.0. The van der Waals surface area contributed by atoms with E-state index in [-0.39, 0.29) is 26.5 Å². The number of pyridine rings is 1. The zero-order valence-electron chi connectivity index (χ0n) is 29.3. The number of aryl methyl sites for hydroxylation is 3. The van der Waals surface area contributed by atoms with E-state index in [2.05, 4.69) is 132 Å². The summed E-state index contributed by atoms with van der Waals surface area (Å²) in [6, 6.07) is 37.0. The molecule has 4 aromatic carbocycles. The predicted octanol–water partition coefficient (Wildman–Crippen LogP) is 11.0. The van der Waals surface area contributed by atoms with E-state index < -0.39 is 0 Å². The largest absolute Gasteiger partial charge is 2.00 e. The van der Waals surface area contributed by atoms with Gasteiger partial charge in [0.05, 0.1) is 5.69 Å². The summed E-state index contributed by atoms with van der Waals surface area (Å²) in [7, 11) is 0. The fraction of sp³-hybridized carbons (Fsp3) is 0.256. The van der Waals surface area contributed by atoms with E-state index in [0.717, 1.165) is 75.3 Å². The SMILES string of the molecule is CCCc1cc(Oc2[c-]c3c(cc2)c2cc(C(C)(C)CC)ccc2n3-c2cc(C)ccn2)[c-]c(-n2nc(C)c(-c3ccccc3)c2C)c1.[Pt+2]. The van der Waals surface area contributed by atoms with Gasteiger partial charge in [-0.05, 0) is 78.6 Å². The summed E-state index contributed by atoms with van der Waals surface area (Å²) < 4.78 is 10.8. The Bertz CT molecular complexity index is 2280. The van der Waals surface area contributed by atoms with Crippen LogP contribution in [-0.2, 0) is 32.9 Å². The number of fused-ring (bicyclic) bond motifs is 3. The molecule has 3 heterocycles. The standard InChI is InChI=1S/C43H42N4O.Pt/c1-8-13-31-23-34(47-30(5)42(29(4)45-47)32-14-11-10-12-15-32)26-36(24-31)48-35-17-18-37-38-25-33(43(6,7)9-2)16-19-39(38)46(40(37)27-35)41-22-28(3)20-21-44-41;/h10-12,14-25H,8-9,13H2,1-7H3;/q-2;+2. The van der Waals surface area contributed by atoms with E-state index in [0.29, 0.717) is 11.5 Å². The quantitative estimate of drug-likeness (QED) is 0.136. The molecule has 0 aliphatic carbocycles. The Morgan fingerprint density at radius 3 is 2.35 bits per heavy atom. The van der Waals surface area contributed by atoms with Gasteiger partial charge >= 0.3 is 21.1 Å². The van der Waals surface area contributed by atoms with Crippen LogP contribution >= 0.6 is 0 Å². The average molecular weight is 826 g/mol. The Balaban J connectivity index is 0.00000417. The van der Waals surface area contributed by atoms with Gasteiger partial charge in [-0.25, -0.2) is 4.98 Å². The fourth-order valence-electron chi connectivity index (χ4n) is 6.69. The fourth-order valence-corrected chi connectivity index (χ4v) is 6.69. The molecule has 0 aliphatic heterocycles. The molecule has 0 bridgehead atoms. The van der Waals surface area contributed by atoms with Crippen molar-refractivity contribution in [2.24, 2.45) is 0 Å². The van der Waals surface area contributed by atoms with E-state index in [1.165, 1.54) is 16.5 Å². The third-order valence-electron chi connectivity index (χ3n) is 9.68. The van der Waals surface area contributed by atoms with Gasteiger partial charge in [-0.1, -0.05) is 88.5 Å². The molecule has 0 spiro atoms. The van der Waals surface area contributed by atoms with E-state index in [1.54, 1.807) is 0 Å². The van der Waals surface area contributed by atoms with E-state index >= 15 is 0 Å². The van der Waals surface area contributed by atoms with Crippen LogP contribution in [0.25, 0.3) is 44.4 Å². The molecule has 0 N–H and O–H groups in total. The molecule has 0 amide bonds. The zero-order chi connectivity index (χ0) is 33.6. The Morgan fingerprint density at radius 1 is 0.816 bits per heavy atom. The zero-order valence-corrected chi connectivity index (χ0v) is 31.6. The molecule has 250 valence electrons. The topological polar surface area (TPSA) is 44.9 Å². The van der Waals surface area contributed by atoms with Crippen molar-refractivity contribution in [1.82, 2.24) is 19.3 Å². The molecule has 0 unspecified atom stereocenters. The molecular weight excluding hydrogens is 784 g/mol. The van der Waals surface area contributed by atoms with Crippen molar-refractivity contribution >= 4 is 21.8 Å². The third kappa shape index (κ3) is 6.49. The van der Waals surface area contributed by atoms with Gasteiger partial charge in [0.1, 0.15) is 5.82 Å². The van der Waals surface area contributed by atoms with Gasteiger partial charge in [0.2, 0.25) is 0 Å². The van der Waals surface area contributed by atoms with Gasteiger partial charge in [-0.2, -0.15) is 16.7 Å². The smallest absolute Gasteiger partial charge is 0.509 e. The van der Waals surface area contributed by atoms with Crippen LogP contribution in [0, 0.1) is 32.9 Å². The van der Waals surface area contributed by atoms with Crippen LogP contribution in [0.15, 0.2) is 91.1 Å². The van der Waals surface area contributed by atoms with E-state index in [4.69, 9.17) is 14.8 Å². The van der Waals surface area contributed by atoms with Crippen molar-refractivity contribution < 1.29 is 25.8 Å². The molecule has 6 heteroatoms. The molecule has 0 radical (unpaired) electrons. The van der Waals surface area contributed by atoms with Crippen molar-refractivity contribution in [2.75, 3.05) is 0 Å². The van der Waals surface area contributed by atoms with Crippen LogP contribution in [0.2, 0.25) is 0 Å². The Morgan fingerprint density at radius 2 is 1.61 bits per heavy atom. The van der Waals surface area contributed by atoms with Crippen molar-refractivity contribution in [3.63, 3.8) is 0 Å². The molecule has 0 saturated heterocycles. The second kappa shape index (κ2) is 13.8. The van der Waals surface area contributed by atoms with Crippen LogP contribution in [-0.4, -0.2) is 19.3 Å². The van der Waals surface area contributed by atoms with Crippen molar-refractivity contribution in [1.29, 1.82) is 0 Å². The van der Waals surface area contributed by atoms with Gasteiger partial charge in [0, 0.05) is 34.5 Å².